The molecule has 0 aromatic heterocycles. The molecule has 0 bridgehead atoms. The van der Waals surface area contributed by atoms with Gasteiger partial charge in [-0.3, -0.25) is 9.59 Å². The monoisotopic (exact) mass is 436 g/mol. The number of amides is 2. The summed E-state index contributed by atoms with van der Waals surface area (Å²) in [4.78, 5) is 26.9. The fraction of sp³-hybridized carbons (Fsp3) is 0.167. The average molecular weight is 437 g/mol. The third-order valence-corrected chi connectivity index (χ3v) is 5.29. The van der Waals surface area contributed by atoms with E-state index in [1.165, 1.54) is 0 Å². The molecule has 3 aromatic rings. The molecule has 1 heterocycles. The van der Waals surface area contributed by atoms with Crippen molar-refractivity contribution in [2.75, 3.05) is 23.9 Å². The zero-order valence-corrected chi connectivity index (χ0v) is 17.6. The first kappa shape index (κ1) is 20.8. The van der Waals surface area contributed by atoms with Crippen LogP contribution in [-0.4, -0.2) is 25.5 Å². The molecular formula is C24H21ClN2O4. The Bertz CT molecular complexity index is 1080. The van der Waals surface area contributed by atoms with Gasteiger partial charge in [0, 0.05) is 23.7 Å². The van der Waals surface area contributed by atoms with Crippen molar-refractivity contribution in [3.63, 3.8) is 0 Å². The van der Waals surface area contributed by atoms with Crippen molar-refractivity contribution in [3.05, 3.63) is 77.8 Å². The number of carbonyl (C=O) groups is 2. The van der Waals surface area contributed by atoms with Crippen LogP contribution < -0.4 is 19.7 Å². The predicted octanol–water partition coefficient (Wildman–Crippen LogP) is 5.13. The molecule has 0 saturated carbocycles. The molecule has 158 valence electrons. The highest BCUT2D eigenvalue weighted by Crippen LogP contribution is 2.33. The highest BCUT2D eigenvalue weighted by Gasteiger charge is 2.36. The summed E-state index contributed by atoms with van der Waals surface area (Å²) in [6.07, 6.45) is 0.154. The van der Waals surface area contributed by atoms with Gasteiger partial charge in [0.2, 0.25) is 11.8 Å². The van der Waals surface area contributed by atoms with Crippen LogP contribution in [0.5, 0.6) is 17.2 Å². The summed E-state index contributed by atoms with van der Waals surface area (Å²) in [6.45, 7) is 0.308. The fourth-order valence-electron chi connectivity index (χ4n) is 3.46. The number of ether oxygens (including phenoxy) is 2. The van der Waals surface area contributed by atoms with Gasteiger partial charge in [-0.2, -0.15) is 0 Å². The van der Waals surface area contributed by atoms with Gasteiger partial charge in [-0.25, -0.2) is 0 Å². The molecule has 4 rings (SSSR count). The zero-order chi connectivity index (χ0) is 21.8. The minimum Gasteiger partial charge on any atom is -0.495 e. The number of rotatable bonds is 6. The first-order valence-corrected chi connectivity index (χ1v) is 10.2. The van der Waals surface area contributed by atoms with Crippen molar-refractivity contribution in [3.8, 4) is 17.2 Å². The van der Waals surface area contributed by atoms with E-state index in [0.717, 1.165) is 0 Å². The summed E-state index contributed by atoms with van der Waals surface area (Å²) in [5.41, 5.74) is 1.31. The van der Waals surface area contributed by atoms with Crippen LogP contribution in [0.1, 0.15) is 6.42 Å². The van der Waals surface area contributed by atoms with Crippen molar-refractivity contribution in [1.29, 1.82) is 0 Å². The second kappa shape index (κ2) is 9.10. The minimum absolute atomic E-state index is 0.101. The zero-order valence-electron chi connectivity index (χ0n) is 16.9. The summed E-state index contributed by atoms with van der Waals surface area (Å²) in [6, 6.07) is 21.4. The number of halogens is 1. The molecule has 1 N–H and O–H groups in total. The molecule has 1 saturated heterocycles. The number of nitrogens with one attached hydrogen (secondary N) is 1. The lowest BCUT2D eigenvalue weighted by atomic mass is 10.1. The Kier molecular flexibility index (Phi) is 6.09. The predicted molar refractivity (Wildman–Crippen MR) is 120 cm³/mol. The molecule has 3 aromatic carbocycles. The molecule has 6 nitrogen and oxygen atoms in total. The smallest absolute Gasteiger partial charge is 0.229 e. The standard InChI is InChI=1S/C24H21ClN2O4/c1-30-22-5-3-2-4-21(22)27-15-16(14-23(27)28)24(29)26-18-8-12-20(13-9-18)31-19-10-6-17(25)7-11-19/h2-13,16H,14-15H2,1H3,(H,26,29)/t16-/m0/s1. The van der Waals surface area contributed by atoms with Crippen LogP contribution in [-0.2, 0) is 9.59 Å². The third-order valence-electron chi connectivity index (χ3n) is 5.04. The Labute approximate surface area is 185 Å². The molecule has 0 aliphatic carbocycles. The molecular weight excluding hydrogens is 416 g/mol. The Hall–Kier alpha value is -3.51. The highest BCUT2D eigenvalue weighted by atomic mass is 35.5. The largest absolute Gasteiger partial charge is 0.495 e. The number of carbonyl (C=O) groups excluding carboxylic acids is 2. The van der Waals surface area contributed by atoms with E-state index < -0.39 is 5.92 Å². The van der Waals surface area contributed by atoms with E-state index in [4.69, 9.17) is 21.1 Å². The first-order valence-electron chi connectivity index (χ1n) is 9.81. The van der Waals surface area contributed by atoms with Crippen LogP contribution in [0.4, 0.5) is 11.4 Å². The number of methoxy groups -OCH3 is 1. The molecule has 7 heteroatoms. The molecule has 1 aliphatic rings. The van der Waals surface area contributed by atoms with Gasteiger partial charge in [0.1, 0.15) is 17.2 Å². The minimum atomic E-state index is -0.442. The lowest BCUT2D eigenvalue weighted by molar-refractivity contribution is -0.122. The number of anilines is 2. The molecule has 1 atom stereocenters. The molecule has 1 fully saturated rings. The van der Waals surface area contributed by atoms with Gasteiger partial charge in [0.15, 0.2) is 0 Å². The van der Waals surface area contributed by atoms with Crippen molar-refractivity contribution in [2.45, 2.75) is 6.42 Å². The summed E-state index contributed by atoms with van der Waals surface area (Å²) in [5.74, 6) is 1.17. The number of hydrogen-bond acceptors (Lipinski definition) is 4. The van der Waals surface area contributed by atoms with Gasteiger partial charge in [0.25, 0.3) is 0 Å². The van der Waals surface area contributed by atoms with Gasteiger partial charge in [-0.05, 0) is 60.7 Å². The van der Waals surface area contributed by atoms with Crippen LogP contribution in [0.15, 0.2) is 72.8 Å². The average Bonchev–Trinajstić information content (AvgIpc) is 3.18. The van der Waals surface area contributed by atoms with Gasteiger partial charge < -0.3 is 19.7 Å². The van der Waals surface area contributed by atoms with Gasteiger partial charge in [-0.1, -0.05) is 23.7 Å². The Morgan fingerprint density at radius 1 is 1.00 bits per heavy atom. The van der Waals surface area contributed by atoms with Crippen LogP contribution in [0, 0.1) is 5.92 Å². The molecule has 0 unspecified atom stereocenters. The van der Waals surface area contributed by atoms with Crippen molar-refractivity contribution < 1.29 is 19.1 Å². The third kappa shape index (κ3) is 4.81. The Balaban J connectivity index is 1.38. The van der Waals surface area contributed by atoms with Crippen LogP contribution in [0.2, 0.25) is 5.02 Å². The lowest BCUT2D eigenvalue weighted by Gasteiger charge is -2.19. The maximum atomic E-state index is 12.7. The van der Waals surface area contributed by atoms with Crippen molar-refractivity contribution in [2.24, 2.45) is 5.92 Å². The normalized spacial score (nSPS) is 15.6. The molecule has 0 radical (unpaired) electrons. The van der Waals surface area contributed by atoms with Gasteiger partial charge in [0.05, 0.1) is 18.7 Å². The summed E-state index contributed by atoms with van der Waals surface area (Å²) in [7, 11) is 1.56. The number of benzene rings is 3. The summed E-state index contributed by atoms with van der Waals surface area (Å²) in [5, 5.41) is 3.52. The van der Waals surface area contributed by atoms with Crippen molar-refractivity contribution in [1.82, 2.24) is 0 Å². The van der Waals surface area contributed by atoms with E-state index in [-0.39, 0.29) is 18.2 Å². The lowest BCUT2D eigenvalue weighted by Crippen LogP contribution is -2.28. The van der Waals surface area contributed by atoms with E-state index in [1.54, 1.807) is 66.6 Å². The maximum absolute atomic E-state index is 12.7. The van der Waals surface area contributed by atoms with Gasteiger partial charge >= 0.3 is 0 Å². The maximum Gasteiger partial charge on any atom is 0.229 e. The highest BCUT2D eigenvalue weighted by molar-refractivity contribution is 6.30. The summed E-state index contributed by atoms with van der Waals surface area (Å²) < 4.78 is 11.1. The Morgan fingerprint density at radius 2 is 1.65 bits per heavy atom. The van der Waals surface area contributed by atoms with E-state index in [0.29, 0.717) is 40.2 Å². The number of nitrogens with zero attached hydrogens (tertiary/aromatic N) is 1. The van der Waals surface area contributed by atoms with E-state index in [9.17, 15) is 9.59 Å². The molecule has 31 heavy (non-hydrogen) atoms. The van der Waals surface area contributed by atoms with E-state index in [2.05, 4.69) is 5.32 Å². The van der Waals surface area contributed by atoms with E-state index in [1.807, 2.05) is 18.2 Å². The second-order valence-corrected chi connectivity index (χ2v) is 7.58. The van der Waals surface area contributed by atoms with Gasteiger partial charge in [-0.15, -0.1) is 0 Å². The molecule has 2 amide bonds. The number of hydrogen-bond donors (Lipinski definition) is 1. The SMILES string of the molecule is COc1ccccc1N1C[C@@H](C(=O)Nc2ccc(Oc3ccc(Cl)cc3)cc2)CC1=O. The quantitative estimate of drug-likeness (QED) is 0.581. The first-order chi connectivity index (χ1) is 15.0. The fourth-order valence-corrected chi connectivity index (χ4v) is 3.58. The van der Waals surface area contributed by atoms with Crippen LogP contribution in [0.3, 0.4) is 0 Å². The second-order valence-electron chi connectivity index (χ2n) is 7.15. The van der Waals surface area contributed by atoms with E-state index >= 15 is 0 Å². The van der Waals surface area contributed by atoms with Crippen molar-refractivity contribution >= 4 is 34.8 Å². The molecule has 1 aliphatic heterocycles. The number of para-hydroxylation sites is 2. The van der Waals surface area contributed by atoms with Crippen LogP contribution in [0.25, 0.3) is 0 Å². The Morgan fingerprint density at radius 3 is 2.32 bits per heavy atom. The summed E-state index contributed by atoms with van der Waals surface area (Å²) >= 11 is 5.88. The topological polar surface area (TPSA) is 67.9 Å². The molecule has 0 spiro atoms. The van der Waals surface area contributed by atoms with Crippen LogP contribution >= 0.6 is 11.6 Å².